The van der Waals surface area contributed by atoms with E-state index in [9.17, 15) is 4.79 Å². The van der Waals surface area contributed by atoms with Gasteiger partial charge in [-0.15, -0.1) is 0 Å². The third-order valence-corrected chi connectivity index (χ3v) is 3.69. The van der Waals surface area contributed by atoms with Crippen LogP contribution in [0.3, 0.4) is 0 Å². The summed E-state index contributed by atoms with van der Waals surface area (Å²) in [7, 11) is 0. The molecule has 0 spiro atoms. The van der Waals surface area contributed by atoms with Gasteiger partial charge in [0.25, 0.3) is 0 Å². The Labute approximate surface area is 120 Å². The number of carboxylic acids is 1. The van der Waals surface area contributed by atoms with Crippen LogP contribution in [0.25, 0.3) is 0 Å². The average Bonchev–Trinajstić information content (AvgIpc) is 2.40. The van der Waals surface area contributed by atoms with Crippen LogP contribution in [-0.2, 0) is 16.1 Å². The predicted octanol–water partition coefficient (Wildman–Crippen LogP) is 2.45. The highest BCUT2D eigenvalue weighted by Crippen LogP contribution is 2.17. The molecule has 0 saturated carbocycles. The van der Waals surface area contributed by atoms with E-state index in [0.29, 0.717) is 6.61 Å². The smallest absolute Gasteiger partial charge is 0.305 e. The number of piperidine rings is 1. The van der Waals surface area contributed by atoms with E-state index in [0.717, 1.165) is 32.5 Å². The number of nitrogens with zero attached hydrogens (tertiary/aromatic N) is 1. The lowest BCUT2D eigenvalue weighted by Crippen LogP contribution is -2.36. The molecule has 110 valence electrons. The molecule has 0 bridgehead atoms. The van der Waals surface area contributed by atoms with Crippen molar-refractivity contribution in [3.8, 4) is 0 Å². The molecule has 0 unspecified atom stereocenters. The number of hydrogen-bond acceptors (Lipinski definition) is 3. The highest BCUT2D eigenvalue weighted by Gasteiger charge is 2.19. The maximum Gasteiger partial charge on any atom is 0.305 e. The Morgan fingerprint density at radius 3 is 2.80 bits per heavy atom. The fourth-order valence-corrected chi connectivity index (χ4v) is 2.62. The van der Waals surface area contributed by atoms with Gasteiger partial charge in [-0.25, -0.2) is 0 Å². The molecule has 0 radical (unpaired) electrons. The molecule has 0 amide bonds. The second-order valence-electron chi connectivity index (χ2n) is 5.48. The summed E-state index contributed by atoms with van der Waals surface area (Å²) in [5.41, 5.74) is 2.66. The number of rotatable bonds is 6. The summed E-state index contributed by atoms with van der Waals surface area (Å²) < 4.78 is 5.60. The molecule has 20 heavy (non-hydrogen) atoms. The fraction of sp³-hybridized carbons (Fsp3) is 0.562. The van der Waals surface area contributed by atoms with E-state index in [1.807, 2.05) is 0 Å². The molecule has 1 fully saturated rings. The standard InChI is InChI=1S/C16H23NO3/c1-13-3-2-4-14(11-13)12-17-8-5-15(6-9-17)20-10-7-16(18)19/h2-4,11,15H,5-10,12H2,1H3,(H,18,19). The van der Waals surface area contributed by atoms with Gasteiger partial charge in [-0.3, -0.25) is 9.69 Å². The Bertz CT molecular complexity index is 439. The van der Waals surface area contributed by atoms with E-state index in [1.165, 1.54) is 11.1 Å². The predicted molar refractivity (Wildman–Crippen MR) is 77.7 cm³/mol. The molecule has 1 saturated heterocycles. The van der Waals surface area contributed by atoms with E-state index in [4.69, 9.17) is 9.84 Å². The lowest BCUT2D eigenvalue weighted by Gasteiger charge is -2.31. The van der Waals surface area contributed by atoms with Crippen LogP contribution in [0, 0.1) is 6.92 Å². The number of benzene rings is 1. The van der Waals surface area contributed by atoms with Crippen molar-refractivity contribution in [2.45, 2.75) is 38.8 Å². The monoisotopic (exact) mass is 277 g/mol. The van der Waals surface area contributed by atoms with Crippen LogP contribution in [-0.4, -0.2) is 41.8 Å². The van der Waals surface area contributed by atoms with Crippen LogP contribution >= 0.6 is 0 Å². The topological polar surface area (TPSA) is 49.8 Å². The molecule has 0 atom stereocenters. The van der Waals surface area contributed by atoms with Gasteiger partial charge in [0, 0.05) is 19.6 Å². The van der Waals surface area contributed by atoms with Gasteiger partial charge >= 0.3 is 5.97 Å². The summed E-state index contributed by atoms with van der Waals surface area (Å²) in [6.07, 6.45) is 2.31. The van der Waals surface area contributed by atoms with Gasteiger partial charge in [0.2, 0.25) is 0 Å². The summed E-state index contributed by atoms with van der Waals surface area (Å²) in [4.78, 5) is 12.9. The summed E-state index contributed by atoms with van der Waals surface area (Å²) in [6, 6.07) is 8.62. The molecule has 0 aromatic heterocycles. The first-order chi connectivity index (χ1) is 9.63. The third kappa shape index (κ3) is 4.94. The zero-order chi connectivity index (χ0) is 14.4. The van der Waals surface area contributed by atoms with Gasteiger partial charge in [0.05, 0.1) is 19.1 Å². The largest absolute Gasteiger partial charge is 0.481 e. The quantitative estimate of drug-likeness (QED) is 0.867. The Kier molecular flexibility index (Phi) is 5.56. The first-order valence-corrected chi connectivity index (χ1v) is 7.25. The number of carbonyl (C=O) groups is 1. The summed E-state index contributed by atoms with van der Waals surface area (Å²) >= 11 is 0. The number of carboxylic acid groups (broad SMARTS) is 1. The van der Waals surface area contributed by atoms with Crippen LogP contribution in [0.5, 0.6) is 0 Å². The van der Waals surface area contributed by atoms with E-state index in [-0.39, 0.29) is 12.5 Å². The summed E-state index contributed by atoms with van der Waals surface area (Å²) in [5, 5.41) is 8.58. The second kappa shape index (κ2) is 7.41. The normalized spacial score (nSPS) is 17.2. The molecule has 1 heterocycles. The van der Waals surface area contributed by atoms with Gasteiger partial charge in [-0.1, -0.05) is 29.8 Å². The van der Waals surface area contributed by atoms with Crippen molar-refractivity contribution in [2.75, 3.05) is 19.7 Å². The highest BCUT2D eigenvalue weighted by atomic mass is 16.5. The number of hydrogen-bond donors (Lipinski definition) is 1. The zero-order valence-corrected chi connectivity index (χ0v) is 12.0. The van der Waals surface area contributed by atoms with Gasteiger partial charge in [-0.2, -0.15) is 0 Å². The minimum Gasteiger partial charge on any atom is -0.481 e. The number of aryl methyl sites for hydroxylation is 1. The molecule has 1 N–H and O–H groups in total. The van der Waals surface area contributed by atoms with E-state index >= 15 is 0 Å². The van der Waals surface area contributed by atoms with Crippen molar-refractivity contribution in [2.24, 2.45) is 0 Å². The molecule has 1 aliphatic rings. The summed E-state index contributed by atoms with van der Waals surface area (Å²) in [6.45, 7) is 5.48. The number of likely N-dealkylation sites (tertiary alicyclic amines) is 1. The van der Waals surface area contributed by atoms with Crippen molar-refractivity contribution in [3.63, 3.8) is 0 Å². The third-order valence-electron chi connectivity index (χ3n) is 3.69. The first kappa shape index (κ1) is 15.0. The van der Waals surface area contributed by atoms with Crippen LogP contribution in [0.2, 0.25) is 0 Å². The summed E-state index contributed by atoms with van der Waals surface area (Å²) in [5.74, 6) is -0.790. The van der Waals surface area contributed by atoms with E-state index in [1.54, 1.807) is 0 Å². The molecule has 4 nitrogen and oxygen atoms in total. The van der Waals surface area contributed by atoms with Crippen LogP contribution < -0.4 is 0 Å². The Hall–Kier alpha value is -1.39. The number of aliphatic carboxylic acids is 1. The SMILES string of the molecule is Cc1cccc(CN2CCC(OCCC(=O)O)CC2)c1. The van der Waals surface area contributed by atoms with Crippen LogP contribution in [0.1, 0.15) is 30.4 Å². The van der Waals surface area contributed by atoms with E-state index < -0.39 is 5.97 Å². The van der Waals surface area contributed by atoms with Crippen molar-refractivity contribution in [3.05, 3.63) is 35.4 Å². The van der Waals surface area contributed by atoms with Crippen molar-refractivity contribution < 1.29 is 14.6 Å². The lowest BCUT2D eigenvalue weighted by molar-refractivity contribution is -0.138. The molecule has 1 aromatic rings. The minimum absolute atomic E-state index is 0.101. The van der Waals surface area contributed by atoms with Gasteiger partial charge in [0.1, 0.15) is 0 Å². The second-order valence-corrected chi connectivity index (χ2v) is 5.48. The fourth-order valence-electron chi connectivity index (χ4n) is 2.62. The van der Waals surface area contributed by atoms with Crippen LogP contribution in [0.15, 0.2) is 24.3 Å². The van der Waals surface area contributed by atoms with Crippen molar-refractivity contribution in [1.82, 2.24) is 4.90 Å². The Morgan fingerprint density at radius 1 is 1.40 bits per heavy atom. The van der Waals surface area contributed by atoms with Crippen molar-refractivity contribution >= 4 is 5.97 Å². The van der Waals surface area contributed by atoms with Gasteiger partial charge in [-0.05, 0) is 25.3 Å². The van der Waals surface area contributed by atoms with Gasteiger partial charge < -0.3 is 9.84 Å². The molecular weight excluding hydrogens is 254 g/mol. The van der Waals surface area contributed by atoms with E-state index in [2.05, 4.69) is 36.1 Å². The lowest BCUT2D eigenvalue weighted by atomic mass is 10.1. The average molecular weight is 277 g/mol. The molecular formula is C16H23NO3. The molecule has 4 heteroatoms. The Morgan fingerprint density at radius 2 is 2.15 bits per heavy atom. The van der Waals surface area contributed by atoms with Crippen molar-refractivity contribution in [1.29, 1.82) is 0 Å². The highest BCUT2D eigenvalue weighted by molar-refractivity contribution is 5.66. The first-order valence-electron chi connectivity index (χ1n) is 7.25. The maximum atomic E-state index is 10.4. The van der Waals surface area contributed by atoms with Crippen LogP contribution in [0.4, 0.5) is 0 Å². The molecule has 1 aliphatic heterocycles. The minimum atomic E-state index is -0.790. The number of ether oxygens (including phenoxy) is 1. The maximum absolute atomic E-state index is 10.4. The van der Waals surface area contributed by atoms with Gasteiger partial charge in [0.15, 0.2) is 0 Å². The zero-order valence-electron chi connectivity index (χ0n) is 12.0. The Balaban J connectivity index is 1.70. The molecule has 1 aromatic carbocycles. The molecule has 0 aliphatic carbocycles. The molecule has 2 rings (SSSR count).